The van der Waals surface area contributed by atoms with E-state index in [0.29, 0.717) is 6.42 Å². The van der Waals surface area contributed by atoms with Crippen LogP contribution in [-0.4, -0.2) is 28.5 Å². The summed E-state index contributed by atoms with van der Waals surface area (Å²) in [6.45, 7) is 2.25. The van der Waals surface area contributed by atoms with Gasteiger partial charge in [-0.3, -0.25) is 4.79 Å². The summed E-state index contributed by atoms with van der Waals surface area (Å²) in [5.74, 6) is -0.154. The number of aliphatic hydroxyl groups is 1. The van der Waals surface area contributed by atoms with Crippen LogP contribution in [-0.2, 0) is 9.53 Å². The lowest BCUT2D eigenvalue weighted by molar-refractivity contribution is -0.169. The minimum Gasteiger partial charge on any atom is -0.459 e. The van der Waals surface area contributed by atoms with Crippen molar-refractivity contribution in [1.29, 1.82) is 0 Å². The first-order valence-corrected chi connectivity index (χ1v) is 11.2. The predicted molar refractivity (Wildman–Crippen MR) is 108 cm³/mol. The Bertz CT molecular complexity index is 505. The maximum Gasteiger partial charge on any atom is 0.323 e. The van der Waals surface area contributed by atoms with Crippen molar-refractivity contribution in [2.24, 2.45) is 0 Å². The molecule has 26 heavy (non-hydrogen) atoms. The summed E-state index contributed by atoms with van der Waals surface area (Å²) >= 11 is 1.55. The van der Waals surface area contributed by atoms with Gasteiger partial charge in [-0.15, -0.1) is 11.8 Å². The highest BCUT2D eigenvalue weighted by Gasteiger charge is 2.43. The number of carbonyl (C=O) groups excluding carboxylic acids is 1. The standard InChI is InChI=1S/C22H34O3S/c1-2-3-4-5-6-7-8-9-11-14-18(23)17-20-21(22(24)25-20)26-19-15-12-10-13-16-19/h10,12-13,15-16,18,20-21,23H,2-9,11,14,17H2,1H3/t18-,20-,21-/m1/s1. The summed E-state index contributed by atoms with van der Waals surface area (Å²) < 4.78 is 5.27. The van der Waals surface area contributed by atoms with Gasteiger partial charge in [0.15, 0.2) is 0 Å². The molecule has 1 saturated heterocycles. The number of rotatable bonds is 14. The number of carbonyl (C=O) groups is 1. The summed E-state index contributed by atoms with van der Waals surface area (Å²) in [4.78, 5) is 12.8. The monoisotopic (exact) mass is 378 g/mol. The highest BCUT2D eigenvalue weighted by atomic mass is 32.2. The van der Waals surface area contributed by atoms with Crippen LogP contribution in [0.3, 0.4) is 0 Å². The molecule has 4 heteroatoms. The highest BCUT2D eigenvalue weighted by Crippen LogP contribution is 2.36. The second-order valence-corrected chi connectivity index (χ2v) is 8.55. The summed E-state index contributed by atoms with van der Waals surface area (Å²) in [7, 11) is 0. The second kappa shape index (κ2) is 12.4. The number of hydrogen-bond donors (Lipinski definition) is 1. The van der Waals surface area contributed by atoms with E-state index in [1.54, 1.807) is 11.8 Å². The Morgan fingerprint density at radius 1 is 1.00 bits per heavy atom. The van der Waals surface area contributed by atoms with Crippen molar-refractivity contribution in [3.8, 4) is 0 Å². The fourth-order valence-corrected chi connectivity index (χ4v) is 4.45. The Morgan fingerprint density at radius 3 is 2.23 bits per heavy atom. The SMILES string of the molecule is CCCCCCCCCCC[C@@H](O)C[C@H]1OC(=O)[C@@H]1Sc1ccccc1. The van der Waals surface area contributed by atoms with Gasteiger partial charge in [-0.25, -0.2) is 0 Å². The lowest BCUT2D eigenvalue weighted by Crippen LogP contribution is -2.49. The van der Waals surface area contributed by atoms with Crippen LogP contribution in [0, 0.1) is 0 Å². The zero-order valence-electron chi connectivity index (χ0n) is 16.1. The van der Waals surface area contributed by atoms with E-state index >= 15 is 0 Å². The van der Waals surface area contributed by atoms with Gasteiger partial charge in [-0.05, 0) is 18.6 Å². The van der Waals surface area contributed by atoms with Crippen molar-refractivity contribution < 1.29 is 14.6 Å². The summed E-state index contributed by atoms with van der Waals surface area (Å²) in [5.41, 5.74) is 0. The van der Waals surface area contributed by atoms with Crippen molar-refractivity contribution in [1.82, 2.24) is 0 Å². The molecule has 0 amide bonds. The Hall–Kier alpha value is -1.00. The average Bonchev–Trinajstić information content (AvgIpc) is 2.65. The molecule has 1 heterocycles. The van der Waals surface area contributed by atoms with E-state index < -0.39 is 0 Å². The molecular weight excluding hydrogens is 344 g/mol. The number of aliphatic hydroxyl groups excluding tert-OH is 1. The number of hydrogen-bond acceptors (Lipinski definition) is 4. The van der Waals surface area contributed by atoms with Crippen molar-refractivity contribution in [3.05, 3.63) is 30.3 Å². The van der Waals surface area contributed by atoms with Crippen molar-refractivity contribution in [2.45, 2.75) is 99.9 Å². The number of thioether (sulfide) groups is 1. The molecule has 146 valence electrons. The van der Waals surface area contributed by atoms with Gasteiger partial charge in [0.2, 0.25) is 0 Å². The largest absolute Gasteiger partial charge is 0.459 e. The maximum atomic E-state index is 11.7. The Kier molecular flexibility index (Phi) is 10.2. The summed E-state index contributed by atoms with van der Waals surface area (Å²) in [6, 6.07) is 9.92. The molecule has 1 aliphatic heterocycles. The first-order valence-electron chi connectivity index (χ1n) is 10.3. The van der Waals surface area contributed by atoms with Crippen LogP contribution in [0.1, 0.15) is 77.6 Å². The topological polar surface area (TPSA) is 46.5 Å². The van der Waals surface area contributed by atoms with E-state index in [1.807, 2.05) is 30.3 Å². The zero-order valence-corrected chi connectivity index (χ0v) is 16.9. The van der Waals surface area contributed by atoms with Crippen LogP contribution >= 0.6 is 11.8 Å². The van der Waals surface area contributed by atoms with Gasteiger partial charge in [-0.2, -0.15) is 0 Å². The molecule has 0 aliphatic carbocycles. The maximum absolute atomic E-state index is 11.7. The molecule has 0 spiro atoms. The number of unbranched alkanes of at least 4 members (excludes halogenated alkanes) is 8. The molecule has 1 aromatic rings. The molecular formula is C22H34O3S. The van der Waals surface area contributed by atoms with Crippen molar-refractivity contribution >= 4 is 17.7 Å². The van der Waals surface area contributed by atoms with E-state index in [2.05, 4.69) is 6.92 Å². The van der Waals surface area contributed by atoms with Gasteiger partial charge in [0, 0.05) is 11.3 Å². The minimum absolute atomic E-state index is 0.152. The normalized spacial score (nSPS) is 20.5. The van der Waals surface area contributed by atoms with Gasteiger partial charge in [0.05, 0.1) is 6.10 Å². The van der Waals surface area contributed by atoms with Crippen LogP contribution in [0.5, 0.6) is 0 Å². The number of cyclic esters (lactones) is 1. The van der Waals surface area contributed by atoms with Gasteiger partial charge >= 0.3 is 5.97 Å². The average molecular weight is 379 g/mol. The van der Waals surface area contributed by atoms with E-state index in [4.69, 9.17) is 4.74 Å². The third kappa shape index (κ3) is 7.71. The van der Waals surface area contributed by atoms with E-state index in [1.165, 1.54) is 51.4 Å². The molecule has 0 saturated carbocycles. The second-order valence-electron chi connectivity index (χ2n) is 7.33. The Morgan fingerprint density at radius 2 is 1.62 bits per heavy atom. The van der Waals surface area contributed by atoms with E-state index in [0.717, 1.165) is 17.7 Å². The molecule has 0 aromatic heterocycles. The third-order valence-corrected chi connectivity index (χ3v) is 6.28. The molecule has 0 bridgehead atoms. The molecule has 0 radical (unpaired) electrons. The molecule has 3 atom stereocenters. The predicted octanol–water partition coefficient (Wildman–Crippen LogP) is 5.74. The van der Waals surface area contributed by atoms with E-state index in [9.17, 15) is 9.90 Å². The third-order valence-electron chi connectivity index (χ3n) is 4.99. The highest BCUT2D eigenvalue weighted by molar-refractivity contribution is 8.00. The number of ether oxygens (including phenoxy) is 1. The van der Waals surface area contributed by atoms with Crippen molar-refractivity contribution in [3.63, 3.8) is 0 Å². The van der Waals surface area contributed by atoms with Crippen LogP contribution in [0.15, 0.2) is 35.2 Å². The fourth-order valence-electron chi connectivity index (χ4n) is 3.38. The van der Waals surface area contributed by atoms with Crippen LogP contribution in [0.2, 0.25) is 0 Å². The van der Waals surface area contributed by atoms with Gasteiger partial charge in [0.25, 0.3) is 0 Å². The molecule has 3 nitrogen and oxygen atoms in total. The Balaban J connectivity index is 1.53. The smallest absolute Gasteiger partial charge is 0.323 e. The molecule has 0 unspecified atom stereocenters. The van der Waals surface area contributed by atoms with Gasteiger partial charge in [0.1, 0.15) is 11.4 Å². The first-order chi connectivity index (χ1) is 12.7. The summed E-state index contributed by atoms with van der Waals surface area (Å²) in [6.07, 6.45) is 12.4. The minimum atomic E-state index is -0.364. The number of esters is 1. The molecule has 1 N–H and O–H groups in total. The lowest BCUT2D eigenvalue weighted by atomic mass is 9.99. The van der Waals surface area contributed by atoms with E-state index in [-0.39, 0.29) is 23.4 Å². The molecule has 2 rings (SSSR count). The lowest BCUT2D eigenvalue weighted by Gasteiger charge is -2.35. The van der Waals surface area contributed by atoms with Gasteiger partial charge < -0.3 is 9.84 Å². The molecule has 1 fully saturated rings. The number of benzene rings is 1. The zero-order chi connectivity index (χ0) is 18.6. The molecule has 1 aromatic carbocycles. The Labute approximate surface area is 162 Å². The van der Waals surface area contributed by atoms with Crippen LogP contribution in [0.25, 0.3) is 0 Å². The van der Waals surface area contributed by atoms with Crippen LogP contribution < -0.4 is 0 Å². The quantitative estimate of drug-likeness (QED) is 0.331. The first kappa shape index (κ1) is 21.3. The summed E-state index contributed by atoms with van der Waals surface area (Å²) in [5, 5.41) is 10.1. The van der Waals surface area contributed by atoms with Crippen molar-refractivity contribution in [2.75, 3.05) is 0 Å². The van der Waals surface area contributed by atoms with Gasteiger partial charge in [-0.1, -0.05) is 82.9 Å². The fraction of sp³-hybridized carbons (Fsp3) is 0.682. The van der Waals surface area contributed by atoms with Crippen LogP contribution in [0.4, 0.5) is 0 Å². The molecule has 1 aliphatic rings.